The standard InChI is InChI=1S/C28H34N8O4/c1-35(2)10-9-30-26(38)28-12-19(13-28)36(25-20(28)8-7-18(16-37)32-25)27(39)34-24-11-22(17(14-29)15-31-24)33-21-5-4-6-23(21)40-3/h7-8,11,15-16,19,21,23H,4-6,9-10,12-13H2,1-3H3,(H,30,38)(H2,31,33,34,39). The normalized spacial score (nSPS) is 24.5. The Kier molecular flexibility index (Phi) is 7.69. The molecule has 4 aliphatic rings. The molecule has 210 valence electrons. The van der Waals surface area contributed by atoms with Gasteiger partial charge < -0.3 is 20.3 Å². The van der Waals surface area contributed by atoms with Crippen LogP contribution in [0.4, 0.5) is 22.1 Å². The van der Waals surface area contributed by atoms with Crippen molar-refractivity contribution >= 4 is 35.5 Å². The number of hydrogen-bond donors (Lipinski definition) is 3. The highest BCUT2D eigenvalue weighted by atomic mass is 16.5. The number of nitriles is 1. The molecule has 0 saturated heterocycles. The van der Waals surface area contributed by atoms with Crippen LogP contribution in [0, 0.1) is 11.3 Å². The van der Waals surface area contributed by atoms with Crippen LogP contribution in [0.25, 0.3) is 0 Å². The molecule has 0 aromatic carbocycles. The molecule has 3 amide bonds. The Balaban J connectivity index is 1.38. The van der Waals surface area contributed by atoms with Crippen molar-refractivity contribution in [1.82, 2.24) is 20.2 Å². The summed E-state index contributed by atoms with van der Waals surface area (Å²) in [6, 6.07) is 6.41. The Morgan fingerprint density at radius 1 is 1.30 bits per heavy atom. The molecule has 12 heteroatoms. The smallest absolute Gasteiger partial charge is 0.328 e. The van der Waals surface area contributed by atoms with Crippen molar-refractivity contribution in [2.45, 2.75) is 55.7 Å². The van der Waals surface area contributed by atoms with Gasteiger partial charge in [0.1, 0.15) is 23.4 Å². The van der Waals surface area contributed by atoms with E-state index in [-0.39, 0.29) is 35.6 Å². The zero-order valence-electron chi connectivity index (χ0n) is 22.9. The van der Waals surface area contributed by atoms with Crippen molar-refractivity contribution in [2.75, 3.05) is 49.8 Å². The lowest BCUT2D eigenvalue weighted by molar-refractivity contribution is -0.131. The lowest BCUT2D eigenvalue weighted by atomic mass is 9.58. The molecule has 0 radical (unpaired) electrons. The van der Waals surface area contributed by atoms with Gasteiger partial charge in [0.25, 0.3) is 0 Å². The zero-order chi connectivity index (χ0) is 28.4. The van der Waals surface area contributed by atoms with E-state index in [0.29, 0.717) is 54.8 Å². The van der Waals surface area contributed by atoms with Crippen LogP contribution in [0.2, 0.25) is 0 Å². The maximum atomic E-state index is 13.6. The Morgan fingerprint density at radius 3 is 2.80 bits per heavy atom. The average Bonchev–Trinajstić information content (AvgIpc) is 3.38. The van der Waals surface area contributed by atoms with E-state index in [2.05, 4.69) is 32.0 Å². The fourth-order valence-electron chi connectivity index (χ4n) is 6.01. The number of aromatic nitrogens is 2. The summed E-state index contributed by atoms with van der Waals surface area (Å²) in [5.74, 6) is 0.468. The molecule has 40 heavy (non-hydrogen) atoms. The van der Waals surface area contributed by atoms with Crippen molar-refractivity contribution < 1.29 is 19.1 Å². The number of aldehydes is 1. The number of carbonyl (C=O) groups excluding carboxylic acids is 3. The number of pyridine rings is 2. The molecule has 2 aliphatic carbocycles. The van der Waals surface area contributed by atoms with E-state index in [0.717, 1.165) is 19.3 Å². The summed E-state index contributed by atoms with van der Waals surface area (Å²) in [7, 11) is 5.55. The second-order valence-corrected chi connectivity index (χ2v) is 10.9. The monoisotopic (exact) mass is 546 g/mol. The van der Waals surface area contributed by atoms with Crippen molar-refractivity contribution in [3.05, 3.63) is 41.2 Å². The molecule has 0 spiro atoms. The minimum absolute atomic E-state index is 0.0413. The Hall–Kier alpha value is -4.08. The molecule has 3 N–H and O–H groups in total. The number of rotatable bonds is 9. The molecule has 6 rings (SSSR count). The van der Waals surface area contributed by atoms with Gasteiger partial charge in [-0.25, -0.2) is 14.8 Å². The van der Waals surface area contributed by atoms with Crippen LogP contribution in [-0.2, 0) is 14.9 Å². The van der Waals surface area contributed by atoms with Gasteiger partial charge in [0, 0.05) is 44.1 Å². The molecule has 2 bridgehead atoms. The number of nitrogens with one attached hydrogen (secondary N) is 3. The Bertz CT molecular complexity index is 1350. The number of urea groups is 1. The van der Waals surface area contributed by atoms with Crippen LogP contribution < -0.4 is 20.9 Å². The maximum absolute atomic E-state index is 13.6. The molecule has 2 aromatic heterocycles. The number of methoxy groups -OCH3 is 1. The molecule has 2 saturated carbocycles. The topological polar surface area (TPSA) is 153 Å². The summed E-state index contributed by atoms with van der Waals surface area (Å²) >= 11 is 0. The summed E-state index contributed by atoms with van der Waals surface area (Å²) < 4.78 is 5.57. The van der Waals surface area contributed by atoms with Crippen LogP contribution in [-0.4, -0.2) is 85.6 Å². The minimum atomic E-state index is -0.791. The SMILES string of the molecule is COC1CCCC1Nc1cc(NC(=O)N2c3nc(C=O)ccc3C3(C(=O)NCCN(C)C)CC2C3)ncc1C#N. The number of anilines is 3. The number of amides is 3. The summed E-state index contributed by atoms with van der Waals surface area (Å²) in [6.45, 7) is 1.21. The lowest BCUT2D eigenvalue weighted by Gasteiger charge is -2.55. The number of ether oxygens (including phenoxy) is 1. The first kappa shape index (κ1) is 27.5. The molecule has 2 unspecified atom stereocenters. The van der Waals surface area contributed by atoms with E-state index in [1.807, 2.05) is 19.0 Å². The van der Waals surface area contributed by atoms with Gasteiger partial charge in [-0.3, -0.25) is 19.8 Å². The number of likely N-dealkylation sites (N-methyl/N-ethyl adjacent to an activating group) is 1. The molecule has 12 nitrogen and oxygen atoms in total. The Morgan fingerprint density at radius 2 is 2.10 bits per heavy atom. The molecule has 2 aromatic rings. The van der Waals surface area contributed by atoms with E-state index in [9.17, 15) is 19.6 Å². The highest BCUT2D eigenvalue weighted by Crippen LogP contribution is 2.54. The third-order valence-corrected chi connectivity index (χ3v) is 8.15. The van der Waals surface area contributed by atoms with Gasteiger partial charge in [-0.15, -0.1) is 0 Å². The molecule has 2 fully saturated rings. The fourth-order valence-corrected chi connectivity index (χ4v) is 6.01. The van der Waals surface area contributed by atoms with Crippen LogP contribution in [0.3, 0.4) is 0 Å². The first-order valence-electron chi connectivity index (χ1n) is 13.5. The van der Waals surface area contributed by atoms with E-state index >= 15 is 0 Å². The predicted octanol–water partition coefficient (Wildman–Crippen LogP) is 2.27. The van der Waals surface area contributed by atoms with Crippen molar-refractivity contribution in [2.24, 2.45) is 0 Å². The Labute approximate surface area is 233 Å². The molecule has 4 heterocycles. The average molecular weight is 547 g/mol. The molecule has 2 aliphatic heterocycles. The summed E-state index contributed by atoms with van der Waals surface area (Å²) in [5, 5.41) is 18.9. The highest BCUT2D eigenvalue weighted by Gasteiger charge is 2.60. The van der Waals surface area contributed by atoms with E-state index < -0.39 is 11.4 Å². The minimum Gasteiger partial charge on any atom is -0.379 e. The van der Waals surface area contributed by atoms with Crippen molar-refractivity contribution in [3.63, 3.8) is 0 Å². The maximum Gasteiger partial charge on any atom is 0.328 e. The van der Waals surface area contributed by atoms with Crippen LogP contribution in [0.5, 0.6) is 0 Å². The second-order valence-electron chi connectivity index (χ2n) is 10.9. The van der Waals surface area contributed by atoms with Gasteiger partial charge in [-0.1, -0.05) is 6.07 Å². The second kappa shape index (κ2) is 11.2. The lowest BCUT2D eigenvalue weighted by Crippen LogP contribution is -2.66. The van der Waals surface area contributed by atoms with E-state index in [1.54, 1.807) is 25.3 Å². The molecular formula is C28H34N8O4. The van der Waals surface area contributed by atoms with Crippen molar-refractivity contribution in [1.29, 1.82) is 5.26 Å². The van der Waals surface area contributed by atoms with Gasteiger partial charge in [-0.05, 0) is 52.3 Å². The zero-order valence-corrected chi connectivity index (χ0v) is 22.9. The summed E-state index contributed by atoms with van der Waals surface area (Å²) in [6.07, 6.45) is 5.87. The largest absolute Gasteiger partial charge is 0.379 e. The number of hydrogen-bond acceptors (Lipinski definition) is 9. The fraction of sp³-hybridized carbons (Fsp3) is 0.500. The number of nitrogens with zero attached hydrogens (tertiary/aromatic N) is 5. The van der Waals surface area contributed by atoms with Gasteiger partial charge in [-0.2, -0.15) is 5.26 Å². The first-order chi connectivity index (χ1) is 19.3. The van der Waals surface area contributed by atoms with Crippen molar-refractivity contribution in [3.8, 4) is 6.07 Å². The third kappa shape index (κ3) is 4.98. The molecule has 2 atom stereocenters. The van der Waals surface area contributed by atoms with E-state index in [1.165, 1.54) is 11.1 Å². The van der Waals surface area contributed by atoms with Crippen LogP contribution >= 0.6 is 0 Å². The van der Waals surface area contributed by atoms with Crippen LogP contribution in [0.15, 0.2) is 24.4 Å². The predicted molar refractivity (Wildman–Crippen MR) is 148 cm³/mol. The van der Waals surface area contributed by atoms with Gasteiger partial charge in [0.2, 0.25) is 5.91 Å². The van der Waals surface area contributed by atoms with Crippen LogP contribution in [0.1, 0.15) is 53.7 Å². The van der Waals surface area contributed by atoms with Gasteiger partial charge >= 0.3 is 6.03 Å². The van der Waals surface area contributed by atoms with E-state index in [4.69, 9.17) is 4.74 Å². The highest BCUT2D eigenvalue weighted by molar-refractivity contribution is 6.05. The first-order valence-corrected chi connectivity index (χ1v) is 13.5. The summed E-state index contributed by atoms with van der Waals surface area (Å²) in [4.78, 5) is 50.7. The van der Waals surface area contributed by atoms with Gasteiger partial charge in [0.05, 0.1) is 28.8 Å². The third-order valence-electron chi connectivity index (χ3n) is 8.15. The van der Waals surface area contributed by atoms with Gasteiger partial charge in [0.15, 0.2) is 6.29 Å². The number of carbonyl (C=O) groups is 3. The quantitative estimate of drug-likeness (QED) is 0.402. The molecular weight excluding hydrogens is 512 g/mol. The summed E-state index contributed by atoms with van der Waals surface area (Å²) in [5.41, 5.74) is 0.942.